The van der Waals surface area contributed by atoms with Gasteiger partial charge in [0.2, 0.25) is 11.8 Å². The van der Waals surface area contributed by atoms with Crippen molar-refractivity contribution in [3.8, 4) is 0 Å². The first-order chi connectivity index (χ1) is 14.6. The molecule has 2 amide bonds. The standard InChI is InChI=1S/C21H27N5O3S/c1-16-22-19(29-23-16)15-30-18-7-3-2-6-17(18)21(28)26-12-10-24(11-13-26)14-20(27)25-8-4-5-9-25/h2-3,6-7H,4-5,8-15H2,1H3. The lowest BCUT2D eigenvalue weighted by molar-refractivity contribution is -0.131. The minimum absolute atomic E-state index is 0.0327. The highest BCUT2D eigenvalue weighted by Crippen LogP contribution is 2.27. The largest absolute Gasteiger partial charge is 0.342 e. The van der Waals surface area contributed by atoms with Crippen molar-refractivity contribution in [3.63, 3.8) is 0 Å². The number of carbonyl (C=O) groups is 2. The van der Waals surface area contributed by atoms with Gasteiger partial charge in [-0.25, -0.2) is 0 Å². The Kier molecular flexibility index (Phi) is 6.69. The molecule has 9 heteroatoms. The van der Waals surface area contributed by atoms with Crippen LogP contribution in [-0.2, 0) is 10.5 Å². The summed E-state index contributed by atoms with van der Waals surface area (Å²) in [7, 11) is 0. The first kappa shape index (κ1) is 20.9. The fourth-order valence-electron chi connectivity index (χ4n) is 3.84. The van der Waals surface area contributed by atoms with Gasteiger partial charge >= 0.3 is 0 Å². The molecule has 0 unspecified atom stereocenters. The number of rotatable bonds is 6. The van der Waals surface area contributed by atoms with E-state index in [4.69, 9.17) is 4.52 Å². The van der Waals surface area contributed by atoms with E-state index < -0.39 is 0 Å². The molecule has 2 saturated heterocycles. The van der Waals surface area contributed by atoms with Crippen molar-refractivity contribution >= 4 is 23.6 Å². The summed E-state index contributed by atoms with van der Waals surface area (Å²) in [4.78, 5) is 36.6. The van der Waals surface area contributed by atoms with E-state index in [9.17, 15) is 9.59 Å². The summed E-state index contributed by atoms with van der Waals surface area (Å²) < 4.78 is 5.17. The molecule has 0 N–H and O–H groups in total. The Morgan fingerprint density at radius 1 is 1.03 bits per heavy atom. The third-order valence-electron chi connectivity index (χ3n) is 5.52. The fraction of sp³-hybridized carbons (Fsp3) is 0.524. The second kappa shape index (κ2) is 9.61. The number of aryl methyl sites for hydroxylation is 1. The Morgan fingerprint density at radius 3 is 2.47 bits per heavy atom. The maximum Gasteiger partial charge on any atom is 0.255 e. The number of piperazine rings is 1. The number of thioether (sulfide) groups is 1. The summed E-state index contributed by atoms with van der Waals surface area (Å²) >= 11 is 1.52. The molecule has 160 valence electrons. The van der Waals surface area contributed by atoms with E-state index in [0.29, 0.717) is 42.7 Å². The molecule has 0 atom stereocenters. The minimum atomic E-state index is 0.0327. The third kappa shape index (κ3) is 5.02. The Balaban J connectivity index is 1.32. The number of aromatic nitrogens is 2. The maximum atomic E-state index is 13.1. The van der Waals surface area contributed by atoms with Gasteiger partial charge in [-0.1, -0.05) is 17.3 Å². The lowest BCUT2D eigenvalue weighted by atomic mass is 10.2. The van der Waals surface area contributed by atoms with Gasteiger partial charge in [0.15, 0.2) is 5.82 Å². The Labute approximate surface area is 180 Å². The van der Waals surface area contributed by atoms with Crippen LogP contribution in [0.3, 0.4) is 0 Å². The maximum absolute atomic E-state index is 13.1. The molecule has 0 saturated carbocycles. The Bertz CT molecular complexity index is 888. The van der Waals surface area contributed by atoms with E-state index in [2.05, 4.69) is 15.0 Å². The summed E-state index contributed by atoms with van der Waals surface area (Å²) in [5.74, 6) is 1.93. The summed E-state index contributed by atoms with van der Waals surface area (Å²) in [5, 5.41) is 3.81. The molecule has 0 bridgehead atoms. The van der Waals surface area contributed by atoms with Crippen LogP contribution in [0.5, 0.6) is 0 Å². The molecule has 0 spiro atoms. The number of nitrogens with zero attached hydrogens (tertiary/aromatic N) is 5. The van der Waals surface area contributed by atoms with Crippen molar-refractivity contribution in [2.45, 2.75) is 30.4 Å². The Hall–Kier alpha value is -2.39. The van der Waals surface area contributed by atoms with Crippen LogP contribution < -0.4 is 0 Å². The van der Waals surface area contributed by atoms with Crippen LogP contribution in [0.2, 0.25) is 0 Å². The second-order valence-corrected chi connectivity index (χ2v) is 8.69. The predicted octanol–water partition coefficient (Wildman–Crippen LogP) is 2.05. The average molecular weight is 430 g/mol. The van der Waals surface area contributed by atoms with Gasteiger partial charge in [0, 0.05) is 44.2 Å². The van der Waals surface area contributed by atoms with Crippen molar-refractivity contribution < 1.29 is 14.1 Å². The van der Waals surface area contributed by atoms with Crippen LogP contribution in [0.4, 0.5) is 0 Å². The van der Waals surface area contributed by atoms with Gasteiger partial charge in [-0.05, 0) is 31.9 Å². The second-order valence-electron chi connectivity index (χ2n) is 7.68. The highest BCUT2D eigenvalue weighted by molar-refractivity contribution is 7.98. The van der Waals surface area contributed by atoms with Crippen molar-refractivity contribution in [2.75, 3.05) is 45.8 Å². The van der Waals surface area contributed by atoms with E-state index in [0.717, 1.165) is 43.9 Å². The van der Waals surface area contributed by atoms with Gasteiger partial charge in [-0.3, -0.25) is 14.5 Å². The molecule has 2 aliphatic heterocycles. The van der Waals surface area contributed by atoms with Crippen molar-refractivity contribution in [2.24, 2.45) is 0 Å². The highest BCUT2D eigenvalue weighted by Gasteiger charge is 2.26. The predicted molar refractivity (Wildman–Crippen MR) is 113 cm³/mol. The van der Waals surface area contributed by atoms with Crippen LogP contribution in [0.1, 0.15) is 34.9 Å². The quantitative estimate of drug-likeness (QED) is 0.650. The molecule has 2 aliphatic rings. The Morgan fingerprint density at radius 2 is 1.77 bits per heavy atom. The molecular formula is C21H27N5O3S. The van der Waals surface area contributed by atoms with Gasteiger partial charge in [0.25, 0.3) is 5.91 Å². The number of carbonyl (C=O) groups excluding carboxylic acids is 2. The number of likely N-dealkylation sites (tertiary alicyclic amines) is 1. The van der Waals surface area contributed by atoms with E-state index in [-0.39, 0.29) is 11.8 Å². The molecule has 2 aromatic rings. The van der Waals surface area contributed by atoms with Crippen LogP contribution in [0.15, 0.2) is 33.7 Å². The monoisotopic (exact) mass is 429 g/mol. The molecule has 2 fully saturated rings. The number of benzene rings is 1. The first-order valence-corrected chi connectivity index (χ1v) is 11.4. The molecule has 1 aromatic carbocycles. The van der Waals surface area contributed by atoms with Crippen LogP contribution in [0.25, 0.3) is 0 Å². The summed E-state index contributed by atoms with van der Waals surface area (Å²) in [6.45, 7) is 6.72. The molecule has 0 aliphatic carbocycles. The number of hydrogen-bond donors (Lipinski definition) is 0. The van der Waals surface area contributed by atoms with Gasteiger partial charge in [-0.2, -0.15) is 4.98 Å². The zero-order valence-corrected chi connectivity index (χ0v) is 18.1. The minimum Gasteiger partial charge on any atom is -0.342 e. The first-order valence-electron chi connectivity index (χ1n) is 10.4. The van der Waals surface area contributed by atoms with E-state index in [1.54, 1.807) is 6.92 Å². The highest BCUT2D eigenvalue weighted by atomic mass is 32.2. The van der Waals surface area contributed by atoms with Crippen molar-refractivity contribution in [1.82, 2.24) is 24.8 Å². The molecule has 3 heterocycles. The van der Waals surface area contributed by atoms with Gasteiger partial charge < -0.3 is 14.3 Å². The summed E-state index contributed by atoms with van der Waals surface area (Å²) in [6.07, 6.45) is 2.22. The lowest BCUT2D eigenvalue weighted by Gasteiger charge is -2.35. The molecule has 30 heavy (non-hydrogen) atoms. The molecule has 4 rings (SSSR count). The van der Waals surface area contributed by atoms with E-state index >= 15 is 0 Å². The lowest BCUT2D eigenvalue weighted by Crippen LogP contribution is -2.51. The summed E-state index contributed by atoms with van der Waals surface area (Å²) in [6, 6.07) is 7.64. The van der Waals surface area contributed by atoms with Crippen LogP contribution in [0, 0.1) is 6.92 Å². The molecule has 8 nitrogen and oxygen atoms in total. The zero-order valence-electron chi connectivity index (χ0n) is 17.2. The zero-order chi connectivity index (χ0) is 20.9. The van der Waals surface area contributed by atoms with Crippen LogP contribution >= 0.6 is 11.8 Å². The van der Waals surface area contributed by atoms with E-state index in [1.807, 2.05) is 34.1 Å². The average Bonchev–Trinajstić information content (AvgIpc) is 3.44. The van der Waals surface area contributed by atoms with Gasteiger partial charge in [0.1, 0.15) is 0 Å². The SMILES string of the molecule is Cc1noc(CSc2ccccc2C(=O)N2CCN(CC(=O)N3CCCC3)CC2)n1. The fourth-order valence-corrected chi connectivity index (χ4v) is 4.73. The van der Waals surface area contributed by atoms with Gasteiger partial charge in [0.05, 0.1) is 17.9 Å². The van der Waals surface area contributed by atoms with Crippen molar-refractivity contribution in [3.05, 3.63) is 41.5 Å². The number of hydrogen-bond acceptors (Lipinski definition) is 7. The third-order valence-corrected chi connectivity index (χ3v) is 6.57. The van der Waals surface area contributed by atoms with E-state index in [1.165, 1.54) is 11.8 Å². The normalized spacial score (nSPS) is 17.5. The van der Waals surface area contributed by atoms with Crippen molar-refractivity contribution in [1.29, 1.82) is 0 Å². The van der Waals surface area contributed by atoms with Gasteiger partial charge in [-0.15, -0.1) is 11.8 Å². The summed E-state index contributed by atoms with van der Waals surface area (Å²) in [5.41, 5.74) is 0.695. The molecule has 0 radical (unpaired) electrons. The topological polar surface area (TPSA) is 82.8 Å². The molecule has 1 aromatic heterocycles. The number of amides is 2. The molecular weight excluding hydrogens is 402 g/mol. The van der Waals surface area contributed by atoms with Crippen LogP contribution in [-0.4, -0.2) is 82.5 Å². The smallest absolute Gasteiger partial charge is 0.255 e.